The Balaban J connectivity index is 2.11. The van der Waals surface area contributed by atoms with Crippen LogP contribution in [-0.2, 0) is 24.3 Å². The maximum Gasteiger partial charge on any atom is 0.111 e. The van der Waals surface area contributed by atoms with E-state index in [1.807, 2.05) is 35.0 Å². The molecule has 0 saturated carbocycles. The molecule has 0 aliphatic carbocycles. The molecule has 0 fully saturated rings. The number of aromatic nitrogens is 2. The summed E-state index contributed by atoms with van der Waals surface area (Å²) in [5, 5.41) is 10.3. The number of aliphatic hydroxyl groups excluding tert-OH is 1. The molecule has 1 atom stereocenters. The summed E-state index contributed by atoms with van der Waals surface area (Å²) >= 11 is 0. The largest absolute Gasteiger partial charge is 0.388 e. The molecule has 4 nitrogen and oxygen atoms in total. The van der Waals surface area contributed by atoms with Gasteiger partial charge in [0.05, 0.1) is 12.7 Å². The minimum atomic E-state index is -0.537. The summed E-state index contributed by atoms with van der Waals surface area (Å²) < 4.78 is 7.15. The van der Waals surface area contributed by atoms with Crippen LogP contribution in [-0.4, -0.2) is 21.8 Å². The average Bonchev–Trinajstić information content (AvgIpc) is 2.86. The molecule has 1 aromatic carbocycles. The molecule has 0 saturated heterocycles. The maximum atomic E-state index is 10.3. The molecular weight excluding hydrogens is 240 g/mol. The summed E-state index contributed by atoms with van der Waals surface area (Å²) in [6.45, 7) is 3.49. The second kappa shape index (κ2) is 6.50. The highest BCUT2D eigenvalue weighted by molar-refractivity contribution is 5.25. The molecule has 102 valence electrons. The van der Waals surface area contributed by atoms with Gasteiger partial charge in [-0.05, 0) is 18.1 Å². The van der Waals surface area contributed by atoms with Gasteiger partial charge in [-0.2, -0.15) is 0 Å². The lowest BCUT2D eigenvalue weighted by Crippen LogP contribution is -2.08. The molecular formula is C15H20N2O2. The van der Waals surface area contributed by atoms with Crippen LogP contribution in [0.4, 0.5) is 0 Å². The van der Waals surface area contributed by atoms with Gasteiger partial charge >= 0.3 is 0 Å². The lowest BCUT2D eigenvalue weighted by atomic mass is 10.0. The molecule has 0 amide bonds. The number of hydrogen-bond donors (Lipinski definition) is 1. The number of methoxy groups -OCH3 is 1. The van der Waals surface area contributed by atoms with E-state index in [4.69, 9.17) is 4.74 Å². The third-order valence-corrected chi connectivity index (χ3v) is 3.17. The Kier molecular flexibility index (Phi) is 4.71. The Morgan fingerprint density at radius 1 is 1.42 bits per heavy atom. The van der Waals surface area contributed by atoms with Crippen molar-refractivity contribution < 1.29 is 9.84 Å². The summed E-state index contributed by atoms with van der Waals surface area (Å²) in [5.41, 5.74) is 1.97. The summed E-state index contributed by atoms with van der Waals surface area (Å²) in [5.74, 6) is 0.909. The second-order valence-corrected chi connectivity index (χ2v) is 4.53. The minimum absolute atomic E-state index is 0.525. The highest BCUT2D eigenvalue weighted by Gasteiger charge is 2.12. The number of aryl methyl sites for hydroxylation is 1. The van der Waals surface area contributed by atoms with Crippen molar-refractivity contribution in [3.63, 3.8) is 0 Å². The second-order valence-electron chi connectivity index (χ2n) is 4.53. The maximum absolute atomic E-state index is 10.3. The van der Waals surface area contributed by atoms with Gasteiger partial charge in [-0.3, -0.25) is 0 Å². The molecule has 0 radical (unpaired) electrons. The normalized spacial score (nSPS) is 12.6. The van der Waals surface area contributed by atoms with E-state index in [0.717, 1.165) is 23.5 Å². The summed E-state index contributed by atoms with van der Waals surface area (Å²) in [6.07, 6.45) is 3.69. The van der Waals surface area contributed by atoms with E-state index < -0.39 is 6.10 Å². The lowest BCUT2D eigenvalue weighted by Gasteiger charge is -2.13. The Hall–Kier alpha value is -1.65. The molecule has 19 heavy (non-hydrogen) atoms. The number of ether oxygens (including phenoxy) is 1. The van der Waals surface area contributed by atoms with Crippen LogP contribution in [0.1, 0.15) is 30.0 Å². The first-order valence-electron chi connectivity index (χ1n) is 6.50. The molecule has 1 unspecified atom stereocenters. The average molecular weight is 260 g/mol. The van der Waals surface area contributed by atoms with Gasteiger partial charge in [-0.1, -0.05) is 24.3 Å². The summed E-state index contributed by atoms with van der Waals surface area (Å²) in [7, 11) is 1.67. The summed E-state index contributed by atoms with van der Waals surface area (Å²) in [4.78, 5) is 4.29. The van der Waals surface area contributed by atoms with E-state index in [2.05, 4.69) is 11.9 Å². The molecule has 0 aliphatic heterocycles. The first kappa shape index (κ1) is 13.8. The Labute approximate surface area is 113 Å². The van der Waals surface area contributed by atoms with Crippen molar-refractivity contribution in [2.45, 2.75) is 32.6 Å². The predicted molar refractivity (Wildman–Crippen MR) is 73.7 cm³/mol. The topological polar surface area (TPSA) is 47.3 Å². The van der Waals surface area contributed by atoms with Crippen LogP contribution in [0.25, 0.3) is 0 Å². The first-order chi connectivity index (χ1) is 9.24. The van der Waals surface area contributed by atoms with Crippen LogP contribution in [0.3, 0.4) is 0 Å². The fourth-order valence-electron chi connectivity index (χ4n) is 2.17. The van der Waals surface area contributed by atoms with Crippen LogP contribution >= 0.6 is 0 Å². The molecule has 0 aliphatic rings. The summed E-state index contributed by atoms with van der Waals surface area (Å²) in [6, 6.07) is 7.85. The zero-order chi connectivity index (χ0) is 13.7. The van der Waals surface area contributed by atoms with E-state index in [1.54, 1.807) is 13.3 Å². The molecule has 1 heterocycles. The van der Waals surface area contributed by atoms with E-state index in [0.29, 0.717) is 13.0 Å². The van der Waals surface area contributed by atoms with Gasteiger partial charge in [-0.15, -0.1) is 0 Å². The zero-order valence-electron chi connectivity index (χ0n) is 11.4. The van der Waals surface area contributed by atoms with Crippen LogP contribution in [0, 0.1) is 0 Å². The highest BCUT2D eigenvalue weighted by Crippen LogP contribution is 2.19. The van der Waals surface area contributed by atoms with Crippen LogP contribution < -0.4 is 0 Å². The first-order valence-corrected chi connectivity index (χ1v) is 6.50. The van der Waals surface area contributed by atoms with Crippen molar-refractivity contribution >= 4 is 0 Å². The lowest BCUT2D eigenvalue weighted by molar-refractivity contribution is 0.172. The number of benzene rings is 1. The standard InChI is InChI=1S/C15H20N2O2/c1-3-17-8-7-16-15(17)10-14(18)13-6-4-5-12(9-13)11-19-2/h4-9,14,18H,3,10-11H2,1-2H3. The third-order valence-electron chi connectivity index (χ3n) is 3.17. The van der Waals surface area contributed by atoms with Gasteiger partial charge in [0.2, 0.25) is 0 Å². The highest BCUT2D eigenvalue weighted by atomic mass is 16.5. The quantitative estimate of drug-likeness (QED) is 0.867. The molecule has 0 bridgehead atoms. The molecule has 2 rings (SSSR count). The van der Waals surface area contributed by atoms with Gasteiger partial charge < -0.3 is 14.4 Å². The molecule has 1 aromatic heterocycles. The predicted octanol–water partition coefficient (Wildman–Crippen LogP) is 2.33. The Morgan fingerprint density at radius 3 is 3.00 bits per heavy atom. The number of nitrogens with zero attached hydrogens (tertiary/aromatic N) is 2. The van der Waals surface area contributed by atoms with Crippen LogP contribution in [0.5, 0.6) is 0 Å². The smallest absolute Gasteiger partial charge is 0.111 e. The molecule has 0 spiro atoms. The molecule has 1 N–H and O–H groups in total. The van der Waals surface area contributed by atoms with Crippen LogP contribution in [0.15, 0.2) is 36.7 Å². The van der Waals surface area contributed by atoms with Crippen molar-refractivity contribution in [3.05, 3.63) is 53.6 Å². The molecule has 4 heteroatoms. The van der Waals surface area contributed by atoms with E-state index in [9.17, 15) is 5.11 Å². The minimum Gasteiger partial charge on any atom is -0.388 e. The fourth-order valence-corrected chi connectivity index (χ4v) is 2.17. The van der Waals surface area contributed by atoms with Crippen LogP contribution in [0.2, 0.25) is 0 Å². The van der Waals surface area contributed by atoms with Gasteiger partial charge in [0.25, 0.3) is 0 Å². The Bertz CT molecular complexity index is 522. The van der Waals surface area contributed by atoms with Crippen molar-refractivity contribution in [2.24, 2.45) is 0 Å². The van der Waals surface area contributed by atoms with E-state index >= 15 is 0 Å². The Morgan fingerprint density at radius 2 is 2.26 bits per heavy atom. The monoisotopic (exact) mass is 260 g/mol. The number of hydrogen-bond acceptors (Lipinski definition) is 3. The van der Waals surface area contributed by atoms with Crippen molar-refractivity contribution in [3.8, 4) is 0 Å². The van der Waals surface area contributed by atoms with Gasteiger partial charge in [0.1, 0.15) is 5.82 Å². The van der Waals surface area contributed by atoms with Crippen molar-refractivity contribution in [2.75, 3.05) is 7.11 Å². The van der Waals surface area contributed by atoms with Gasteiger partial charge in [-0.25, -0.2) is 4.98 Å². The van der Waals surface area contributed by atoms with Gasteiger partial charge in [0, 0.05) is 32.5 Å². The fraction of sp³-hybridized carbons (Fsp3) is 0.400. The molecule has 2 aromatic rings. The van der Waals surface area contributed by atoms with Crippen molar-refractivity contribution in [1.82, 2.24) is 9.55 Å². The SMILES string of the molecule is CCn1ccnc1CC(O)c1cccc(COC)c1. The third kappa shape index (κ3) is 3.43. The van der Waals surface area contributed by atoms with E-state index in [1.165, 1.54) is 0 Å². The number of rotatable bonds is 6. The van der Waals surface area contributed by atoms with Gasteiger partial charge in [0.15, 0.2) is 0 Å². The van der Waals surface area contributed by atoms with Crippen molar-refractivity contribution in [1.29, 1.82) is 0 Å². The zero-order valence-corrected chi connectivity index (χ0v) is 11.4. The number of imidazole rings is 1. The van der Waals surface area contributed by atoms with E-state index in [-0.39, 0.29) is 0 Å². The number of aliphatic hydroxyl groups is 1.